The van der Waals surface area contributed by atoms with Crippen molar-refractivity contribution in [2.75, 3.05) is 5.32 Å². The normalized spacial score (nSPS) is 10.2. The second-order valence-electron chi connectivity index (χ2n) is 4.72. The highest BCUT2D eigenvalue weighted by molar-refractivity contribution is 6.33. The summed E-state index contributed by atoms with van der Waals surface area (Å²) in [6.45, 7) is 0. The zero-order valence-corrected chi connectivity index (χ0v) is 13.0. The Morgan fingerprint density at radius 2 is 1.92 bits per heavy atom. The molecule has 0 aliphatic heterocycles. The Balaban J connectivity index is 1.71. The highest BCUT2D eigenvalue weighted by Crippen LogP contribution is 2.30. The topological polar surface area (TPSA) is 90.2 Å². The van der Waals surface area contributed by atoms with E-state index in [1.54, 1.807) is 42.7 Å². The van der Waals surface area contributed by atoms with Crippen molar-refractivity contribution in [1.82, 2.24) is 9.97 Å². The van der Waals surface area contributed by atoms with Crippen LogP contribution in [0.3, 0.4) is 0 Å². The number of benzene rings is 2. The molecule has 3 aromatic rings. The van der Waals surface area contributed by atoms with Crippen LogP contribution in [0, 0.1) is 10.1 Å². The first kappa shape index (κ1) is 15.7. The van der Waals surface area contributed by atoms with Crippen LogP contribution in [0.5, 0.6) is 11.6 Å². The molecule has 0 aliphatic carbocycles. The van der Waals surface area contributed by atoms with Gasteiger partial charge in [0.05, 0.1) is 21.8 Å². The molecule has 0 atom stereocenters. The van der Waals surface area contributed by atoms with Crippen LogP contribution >= 0.6 is 11.6 Å². The number of rotatable bonds is 5. The predicted octanol–water partition coefficient (Wildman–Crippen LogP) is 4.57. The van der Waals surface area contributed by atoms with Gasteiger partial charge in [0.25, 0.3) is 5.69 Å². The molecule has 8 heteroatoms. The maximum absolute atomic E-state index is 10.7. The Bertz CT molecular complexity index is 857. The summed E-state index contributed by atoms with van der Waals surface area (Å²) in [5.41, 5.74) is 1.28. The lowest BCUT2D eigenvalue weighted by atomic mass is 10.2. The number of aromatic nitrogens is 2. The van der Waals surface area contributed by atoms with Crippen LogP contribution in [0.25, 0.3) is 0 Å². The van der Waals surface area contributed by atoms with Gasteiger partial charge in [0, 0.05) is 30.2 Å². The minimum atomic E-state index is -0.492. The summed E-state index contributed by atoms with van der Waals surface area (Å²) < 4.78 is 5.55. The maximum atomic E-state index is 10.7. The summed E-state index contributed by atoms with van der Waals surface area (Å²) in [5, 5.41) is 14.1. The van der Waals surface area contributed by atoms with Gasteiger partial charge in [0.1, 0.15) is 5.75 Å². The average molecular weight is 343 g/mol. The Morgan fingerprint density at radius 1 is 1.12 bits per heavy atom. The van der Waals surface area contributed by atoms with Gasteiger partial charge in [-0.15, -0.1) is 0 Å². The third kappa shape index (κ3) is 3.76. The molecule has 0 unspecified atom stereocenters. The van der Waals surface area contributed by atoms with Crippen LogP contribution in [0.1, 0.15) is 0 Å². The summed E-state index contributed by atoms with van der Waals surface area (Å²) >= 11 is 6.06. The van der Waals surface area contributed by atoms with E-state index in [9.17, 15) is 10.1 Å². The molecular formula is C16H11ClN4O3. The van der Waals surface area contributed by atoms with Gasteiger partial charge in [-0.25, -0.2) is 4.98 Å². The minimum absolute atomic E-state index is 0.0572. The molecule has 0 amide bonds. The smallest absolute Gasteiger partial charge is 0.271 e. The van der Waals surface area contributed by atoms with Gasteiger partial charge in [-0.1, -0.05) is 11.6 Å². The van der Waals surface area contributed by atoms with E-state index in [0.717, 1.165) is 5.69 Å². The molecule has 2 aromatic carbocycles. The van der Waals surface area contributed by atoms with E-state index in [4.69, 9.17) is 16.3 Å². The third-order valence-electron chi connectivity index (χ3n) is 3.06. The standard InChI is InChI=1S/C16H11ClN4O3/c17-14-9-12(21(22)23)3-6-15(14)20-11-1-4-13(5-2-11)24-16-10-18-7-8-19-16/h1-10,20H. The van der Waals surface area contributed by atoms with Crippen molar-refractivity contribution in [1.29, 1.82) is 0 Å². The number of halogens is 1. The first-order valence-corrected chi connectivity index (χ1v) is 7.24. The van der Waals surface area contributed by atoms with Crippen molar-refractivity contribution in [3.63, 3.8) is 0 Å². The summed E-state index contributed by atoms with van der Waals surface area (Å²) in [5.74, 6) is 1.01. The summed E-state index contributed by atoms with van der Waals surface area (Å²) in [6.07, 6.45) is 4.62. The quantitative estimate of drug-likeness (QED) is 0.539. The van der Waals surface area contributed by atoms with E-state index in [-0.39, 0.29) is 10.7 Å². The fourth-order valence-electron chi connectivity index (χ4n) is 1.94. The highest BCUT2D eigenvalue weighted by atomic mass is 35.5. The number of non-ortho nitro benzene ring substituents is 1. The molecule has 0 spiro atoms. The SMILES string of the molecule is O=[N+]([O-])c1ccc(Nc2ccc(Oc3cnccn3)cc2)c(Cl)c1. The molecule has 0 aliphatic rings. The number of anilines is 2. The number of nitro groups is 1. The second kappa shape index (κ2) is 6.93. The predicted molar refractivity (Wildman–Crippen MR) is 89.9 cm³/mol. The van der Waals surface area contributed by atoms with Gasteiger partial charge in [-0.05, 0) is 30.3 Å². The molecule has 0 saturated heterocycles. The fraction of sp³-hybridized carbons (Fsp3) is 0. The third-order valence-corrected chi connectivity index (χ3v) is 3.37. The molecule has 7 nitrogen and oxygen atoms in total. The van der Waals surface area contributed by atoms with Crippen LogP contribution in [0.4, 0.5) is 17.1 Å². The van der Waals surface area contributed by atoms with E-state index in [2.05, 4.69) is 15.3 Å². The van der Waals surface area contributed by atoms with Gasteiger partial charge in [-0.2, -0.15) is 0 Å². The second-order valence-corrected chi connectivity index (χ2v) is 5.12. The number of nitrogens with zero attached hydrogens (tertiary/aromatic N) is 3. The van der Waals surface area contributed by atoms with Crippen molar-refractivity contribution >= 4 is 28.7 Å². The molecule has 3 rings (SSSR count). The molecule has 1 N–H and O–H groups in total. The molecule has 0 radical (unpaired) electrons. The number of ether oxygens (including phenoxy) is 1. The summed E-state index contributed by atoms with van der Waals surface area (Å²) in [6, 6.07) is 11.4. The zero-order chi connectivity index (χ0) is 16.9. The first-order chi connectivity index (χ1) is 11.6. The maximum Gasteiger partial charge on any atom is 0.271 e. The van der Waals surface area contributed by atoms with E-state index in [0.29, 0.717) is 17.3 Å². The van der Waals surface area contributed by atoms with E-state index < -0.39 is 4.92 Å². The summed E-state index contributed by atoms with van der Waals surface area (Å²) in [7, 11) is 0. The minimum Gasteiger partial charge on any atom is -0.438 e. The number of hydrogen-bond acceptors (Lipinski definition) is 6. The van der Waals surface area contributed by atoms with Crippen molar-refractivity contribution in [2.45, 2.75) is 0 Å². The number of hydrogen-bond donors (Lipinski definition) is 1. The van der Waals surface area contributed by atoms with Crippen molar-refractivity contribution < 1.29 is 9.66 Å². The van der Waals surface area contributed by atoms with Crippen LogP contribution in [-0.4, -0.2) is 14.9 Å². The Hall–Kier alpha value is -3.19. The largest absolute Gasteiger partial charge is 0.438 e. The fourth-order valence-corrected chi connectivity index (χ4v) is 2.16. The molecule has 0 fully saturated rings. The molecule has 1 aromatic heterocycles. The Labute approximate surface area is 142 Å². The molecule has 120 valence electrons. The lowest BCUT2D eigenvalue weighted by Crippen LogP contribution is -1.94. The first-order valence-electron chi connectivity index (χ1n) is 6.87. The Morgan fingerprint density at radius 3 is 2.54 bits per heavy atom. The lowest BCUT2D eigenvalue weighted by Gasteiger charge is -2.09. The molecular weight excluding hydrogens is 332 g/mol. The molecule has 0 bridgehead atoms. The van der Waals surface area contributed by atoms with Crippen LogP contribution in [0.2, 0.25) is 5.02 Å². The highest BCUT2D eigenvalue weighted by Gasteiger charge is 2.09. The van der Waals surface area contributed by atoms with Crippen LogP contribution in [0.15, 0.2) is 61.1 Å². The molecule has 1 heterocycles. The average Bonchev–Trinajstić information content (AvgIpc) is 2.59. The van der Waals surface area contributed by atoms with Gasteiger partial charge >= 0.3 is 0 Å². The van der Waals surface area contributed by atoms with Crippen molar-refractivity contribution in [3.8, 4) is 11.6 Å². The van der Waals surface area contributed by atoms with E-state index >= 15 is 0 Å². The van der Waals surface area contributed by atoms with Crippen molar-refractivity contribution in [3.05, 3.63) is 76.2 Å². The van der Waals surface area contributed by atoms with Gasteiger partial charge in [-0.3, -0.25) is 15.1 Å². The molecule has 24 heavy (non-hydrogen) atoms. The van der Waals surface area contributed by atoms with E-state index in [1.807, 2.05) is 0 Å². The van der Waals surface area contributed by atoms with Crippen LogP contribution < -0.4 is 10.1 Å². The summed E-state index contributed by atoms with van der Waals surface area (Å²) in [4.78, 5) is 18.2. The van der Waals surface area contributed by atoms with Gasteiger partial charge < -0.3 is 10.1 Å². The zero-order valence-electron chi connectivity index (χ0n) is 12.2. The lowest BCUT2D eigenvalue weighted by molar-refractivity contribution is -0.384. The van der Waals surface area contributed by atoms with Gasteiger partial charge in [0.2, 0.25) is 5.88 Å². The van der Waals surface area contributed by atoms with Crippen LogP contribution in [-0.2, 0) is 0 Å². The van der Waals surface area contributed by atoms with Gasteiger partial charge in [0.15, 0.2) is 0 Å². The Kier molecular flexibility index (Phi) is 4.53. The molecule has 0 saturated carbocycles. The number of nitrogens with one attached hydrogen (secondary N) is 1. The number of nitro benzene ring substituents is 1. The van der Waals surface area contributed by atoms with Crippen molar-refractivity contribution in [2.24, 2.45) is 0 Å². The monoisotopic (exact) mass is 342 g/mol. The van der Waals surface area contributed by atoms with E-state index in [1.165, 1.54) is 18.3 Å².